The molecule has 0 spiro atoms. The van der Waals surface area contributed by atoms with Crippen LogP contribution in [0.4, 0.5) is 5.69 Å². The highest BCUT2D eigenvalue weighted by Gasteiger charge is 2.25. The Labute approximate surface area is 118 Å². The van der Waals surface area contributed by atoms with Crippen molar-refractivity contribution in [3.63, 3.8) is 0 Å². The summed E-state index contributed by atoms with van der Waals surface area (Å²) in [7, 11) is -3.63. The molecule has 0 saturated heterocycles. The Hall–Kier alpha value is -2.01. The summed E-state index contributed by atoms with van der Waals surface area (Å²) < 4.78 is 32.9. The summed E-state index contributed by atoms with van der Waals surface area (Å²) in [5.41, 5.74) is 2.57. The van der Waals surface area contributed by atoms with Gasteiger partial charge in [0.2, 0.25) is 0 Å². The van der Waals surface area contributed by atoms with E-state index in [0.717, 1.165) is 17.5 Å². The summed E-state index contributed by atoms with van der Waals surface area (Å²) in [5, 5.41) is 0. The molecule has 0 aliphatic carbocycles. The molecule has 0 radical (unpaired) electrons. The van der Waals surface area contributed by atoms with E-state index in [-0.39, 0.29) is 4.90 Å². The minimum absolute atomic E-state index is 0.202. The van der Waals surface area contributed by atoms with Crippen molar-refractivity contribution in [3.05, 3.63) is 53.6 Å². The number of anilines is 1. The van der Waals surface area contributed by atoms with Crippen LogP contribution in [-0.2, 0) is 16.4 Å². The fourth-order valence-electron chi connectivity index (χ4n) is 2.23. The van der Waals surface area contributed by atoms with Gasteiger partial charge in [0.05, 0.1) is 6.61 Å². The average Bonchev–Trinajstić information content (AvgIpc) is 2.89. The van der Waals surface area contributed by atoms with E-state index in [1.54, 1.807) is 24.3 Å². The van der Waals surface area contributed by atoms with Crippen LogP contribution in [0.5, 0.6) is 5.75 Å². The predicted octanol–water partition coefficient (Wildman–Crippen LogP) is 2.73. The maximum absolute atomic E-state index is 12.5. The molecule has 0 bridgehead atoms. The summed E-state index contributed by atoms with van der Waals surface area (Å²) >= 11 is 0. The molecule has 0 amide bonds. The molecule has 2 aromatic carbocycles. The van der Waals surface area contributed by atoms with Gasteiger partial charge in [0, 0.05) is 12.1 Å². The first-order valence-electron chi connectivity index (χ1n) is 6.40. The largest absolute Gasteiger partial charge is 0.492 e. The first-order valence-corrected chi connectivity index (χ1v) is 7.89. The lowest BCUT2D eigenvalue weighted by atomic mass is 10.2. The Morgan fingerprint density at radius 2 is 1.85 bits per heavy atom. The van der Waals surface area contributed by atoms with E-state index < -0.39 is 10.0 Å². The minimum Gasteiger partial charge on any atom is -0.492 e. The van der Waals surface area contributed by atoms with Crippen molar-refractivity contribution in [2.45, 2.75) is 18.2 Å². The van der Waals surface area contributed by atoms with Gasteiger partial charge in [0.1, 0.15) is 10.6 Å². The highest BCUT2D eigenvalue weighted by Crippen LogP contribution is 2.33. The Balaban J connectivity index is 1.97. The zero-order valence-corrected chi connectivity index (χ0v) is 11.9. The second-order valence-corrected chi connectivity index (χ2v) is 6.47. The molecule has 20 heavy (non-hydrogen) atoms. The highest BCUT2D eigenvalue weighted by atomic mass is 32.2. The van der Waals surface area contributed by atoms with Crippen molar-refractivity contribution in [2.24, 2.45) is 0 Å². The van der Waals surface area contributed by atoms with Crippen LogP contribution >= 0.6 is 0 Å². The van der Waals surface area contributed by atoms with Crippen molar-refractivity contribution in [3.8, 4) is 5.75 Å². The number of ether oxygens (including phenoxy) is 1. The zero-order chi connectivity index (χ0) is 14.2. The van der Waals surface area contributed by atoms with Crippen molar-refractivity contribution >= 4 is 15.7 Å². The molecule has 3 rings (SSSR count). The summed E-state index contributed by atoms with van der Waals surface area (Å²) in [6, 6.07) is 12.4. The first kappa shape index (κ1) is 13.0. The van der Waals surface area contributed by atoms with Crippen LogP contribution in [0, 0.1) is 6.92 Å². The lowest BCUT2D eigenvalue weighted by Crippen LogP contribution is -2.13. The number of benzene rings is 2. The zero-order valence-electron chi connectivity index (χ0n) is 11.1. The third kappa shape index (κ3) is 2.36. The maximum atomic E-state index is 12.5. The van der Waals surface area contributed by atoms with Crippen LogP contribution in [0.3, 0.4) is 0 Å². The number of rotatable bonds is 3. The lowest BCUT2D eigenvalue weighted by Gasteiger charge is -2.11. The molecule has 1 heterocycles. The van der Waals surface area contributed by atoms with E-state index in [1.807, 2.05) is 25.1 Å². The van der Waals surface area contributed by atoms with Crippen molar-refractivity contribution < 1.29 is 13.2 Å². The van der Waals surface area contributed by atoms with E-state index in [9.17, 15) is 8.42 Å². The van der Waals surface area contributed by atoms with Gasteiger partial charge in [-0.1, -0.05) is 29.8 Å². The van der Waals surface area contributed by atoms with Crippen LogP contribution in [0.1, 0.15) is 11.1 Å². The smallest absolute Gasteiger partial charge is 0.265 e. The summed E-state index contributed by atoms with van der Waals surface area (Å²) in [4.78, 5) is 0.202. The number of hydrogen-bond acceptors (Lipinski definition) is 3. The van der Waals surface area contributed by atoms with Gasteiger partial charge in [-0.3, -0.25) is 4.72 Å². The first-order chi connectivity index (χ1) is 9.56. The molecular formula is C15H15NO3S. The Morgan fingerprint density at radius 3 is 2.60 bits per heavy atom. The van der Waals surface area contributed by atoms with E-state index in [2.05, 4.69) is 4.72 Å². The van der Waals surface area contributed by atoms with Gasteiger partial charge in [-0.15, -0.1) is 0 Å². The second kappa shape index (κ2) is 4.83. The Kier molecular flexibility index (Phi) is 3.14. The van der Waals surface area contributed by atoms with Gasteiger partial charge < -0.3 is 4.74 Å². The number of para-hydroxylation sites is 1. The molecule has 1 N–H and O–H groups in total. The highest BCUT2D eigenvalue weighted by molar-refractivity contribution is 7.92. The summed E-state index contributed by atoms with van der Waals surface area (Å²) in [6.45, 7) is 2.49. The number of sulfonamides is 1. The van der Waals surface area contributed by atoms with Gasteiger partial charge in [0.15, 0.2) is 0 Å². The maximum Gasteiger partial charge on any atom is 0.265 e. The van der Waals surface area contributed by atoms with Crippen LogP contribution in [0.15, 0.2) is 47.4 Å². The minimum atomic E-state index is -3.63. The van der Waals surface area contributed by atoms with Crippen LogP contribution in [-0.4, -0.2) is 15.0 Å². The SMILES string of the molecule is Cc1ccc(NS(=O)(=O)c2cccc3c2OCC3)cc1. The van der Waals surface area contributed by atoms with Crippen LogP contribution in [0.25, 0.3) is 0 Å². The molecule has 0 atom stereocenters. The van der Waals surface area contributed by atoms with E-state index in [4.69, 9.17) is 4.74 Å². The molecule has 0 aromatic heterocycles. The summed E-state index contributed by atoms with van der Waals surface area (Å²) in [5.74, 6) is 0.479. The van der Waals surface area contributed by atoms with Gasteiger partial charge in [0.25, 0.3) is 10.0 Å². The molecule has 1 aliphatic heterocycles. The van der Waals surface area contributed by atoms with Gasteiger partial charge in [-0.2, -0.15) is 0 Å². The third-order valence-electron chi connectivity index (χ3n) is 3.27. The fraction of sp³-hybridized carbons (Fsp3) is 0.200. The molecule has 0 fully saturated rings. The quantitative estimate of drug-likeness (QED) is 0.945. The fourth-order valence-corrected chi connectivity index (χ4v) is 3.48. The third-order valence-corrected chi connectivity index (χ3v) is 4.68. The molecule has 1 aliphatic rings. The van der Waals surface area contributed by atoms with Crippen molar-refractivity contribution in [1.29, 1.82) is 0 Å². The van der Waals surface area contributed by atoms with Crippen LogP contribution < -0.4 is 9.46 Å². The molecule has 2 aromatic rings. The van der Waals surface area contributed by atoms with Crippen molar-refractivity contribution in [2.75, 3.05) is 11.3 Å². The predicted molar refractivity (Wildman–Crippen MR) is 77.6 cm³/mol. The monoisotopic (exact) mass is 289 g/mol. The average molecular weight is 289 g/mol. The van der Waals surface area contributed by atoms with E-state index >= 15 is 0 Å². The Bertz CT molecular complexity index is 736. The molecule has 0 saturated carbocycles. The van der Waals surface area contributed by atoms with Crippen molar-refractivity contribution in [1.82, 2.24) is 0 Å². The van der Waals surface area contributed by atoms with Crippen LogP contribution in [0.2, 0.25) is 0 Å². The second-order valence-electron chi connectivity index (χ2n) is 4.81. The topological polar surface area (TPSA) is 55.4 Å². The normalized spacial score (nSPS) is 13.7. The Morgan fingerprint density at radius 1 is 1.10 bits per heavy atom. The van der Waals surface area contributed by atoms with E-state index in [1.165, 1.54) is 0 Å². The number of nitrogens with one attached hydrogen (secondary N) is 1. The molecule has 5 heteroatoms. The van der Waals surface area contributed by atoms with Gasteiger partial charge in [-0.25, -0.2) is 8.42 Å². The molecular weight excluding hydrogens is 274 g/mol. The van der Waals surface area contributed by atoms with Gasteiger partial charge >= 0.3 is 0 Å². The standard InChI is InChI=1S/C15H15NO3S/c1-11-5-7-13(8-6-11)16-20(17,18)14-4-2-3-12-9-10-19-15(12)14/h2-8,16H,9-10H2,1H3. The number of hydrogen-bond donors (Lipinski definition) is 1. The lowest BCUT2D eigenvalue weighted by molar-refractivity contribution is 0.348. The summed E-state index contributed by atoms with van der Waals surface area (Å²) in [6.07, 6.45) is 0.753. The number of aryl methyl sites for hydroxylation is 1. The van der Waals surface area contributed by atoms with Gasteiger partial charge in [-0.05, 0) is 30.7 Å². The molecule has 0 unspecified atom stereocenters. The van der Waals surface area contributed by atoms with E-state index in [0.29, 0.717) is 18.0 Å². The molecule has 104 valence electrons. The molecule has 4 nitrogen and oxygen atoms in total. The number of fused-ring (bicyclic) bond motifs is 1.